The van der Waals surface area contributed by atoms with E-state index >= 15 is 0 Å². The van der Waals surface area contributed by atoms with Crippen molar-refractivity contribution >= 4 is 28.4 Å². The second-order valence-corrected chi connectivity index (χ2v) is 5.53. The van der Waals surface area contributed by atoms with Gasteiger partial charge in [0.05, 0.1) is 6.61 Å². The summed E-state index contributed by atoms with van der Waals surface area (Å²) in [6, 6.07) is 0. The standard InChI is InChI=1S/C10H20OS2/c1-5-8-10(4,6-2)13-9(12)11-7-3/h5-8H2,1-4H3. The van der Waals surface area contributed by atoms with Crippen molar-refractivity contribution in [3.8, 4) is 0 Å². The van der Waals surface area contributed by atoms with E-state index < -0.39 is 0 Å². The van der Waals surface area contributed by atoms with E-state index in [0.717, 1.165) is 6.42 Å². The topological polar surface area (TPSA) is 9.23 Å². The Morgan fingerprint density at radius 2 is 2.00 bits per heavy atom. The molecule has 0 aliphatic rings. The van der Waals surface area contributed by atoms with Gasteiger partial charge in [0.2, 0.25) is 4.38 Å². The zero-order valence-corrected chi connectivity index (χ0v) is 10.7. The van der Waals surface area contributed by atoms with E-state index in [4.69, 9.17) is 17.0 Å². The van der Waals surface area contributed by atoms with Gasteiger partial charge in [0.25, 0.3) is 0 Å². The van der Waals surface area contributed by atoms with Crippen LogP contribution in [-0.4, -0.2) is 15.7 Å². The van der Waals surface area contributed by atoms with Crippen molar-refractivity contribution < 1.29 is 4.74 Å². The highest BCUT2D eigenvalue weighted by molar-refractivity contribution is 8.23. The summed E-state index contributed by atoms with van der Waals surface area (Å²) in [5, 5.41) is 0. The summed E-state index contributed by atoms with van der Waals surface area (Å²) >= 11 is 6.83. The van der Waals surface area contributed by atoms with Gasteiger partial charge in [-0.05, 0) is 38.9 Å². The van der Waals surface area contributed by atoms with E-state index in [-0.39, 0.29) is 4.75 Å². The highest BCUT2D eigenvalue weighted by atomic mass is 32.2. The molecule has 0 amide bonds. The second kappa shape index (κ2) is 6.66. The summed E-state index contributed by atoms with van der Waals surface area (Å²) < 4.78 is 6.24. The molecule has 0 aromatic carbocycles. The van der Waals surface area contributed by atoms with Gasteiger partial charge in [-0.15, -0.1) is 0 Å². The molecule has 1 nitrogen and oxygen atoms in total. The lowest BCUT2D eigenvalue weighted by Gasteiger charge is -2.26. The predicted octanol–water partition coefficient (Wildman–Crippen LogP) is 4.01. The lowest BCUT2D eigenvalue weighted by Crippen LogP contribution is -2.21. The van der Waals surface area contributed by atoms with Crippen molar-refractivity contribution in [2.75, 3.05) is 6.61 Å². The Bertz CT molecular complexity index is 159. The first-order valence-corrected chi connectivity index (χ1v) is 6.16. The third-order valence-electron chi connectivity index (χ3n) is 2.12. The normalized spacial score (nSPS) is 15.1. The molecule has 0 aromatic rings. The molecule has 13 heavy (non-hydrogen) atoms. The van der Waals surface area contributed by atoms with E-state index in [1.807, 2.05) is 6.92 Å². The van der Waals surface area contributed by atoms with Crippen molar-refractivity contribution in [1.82, 2.24) is 0 Å². The number of ether oxygens (including phenoxy) is 1. The Labute approximate surface area is 91.6 Å². The van der Waals surface area contributed by atoms with Gasteiger partial charge in [0.1, 0.15) is 0 Å². The summed E-state index contributed by atoms with van der Waals surface area (Å²) in [6.45, 7) is 9.32. The van der Waals surface area contributed by atoms with E-state index in [0.29, 0.717) is 11.0 Å². The molecule has 3 heteroatoms. The summed E-state index contributed by atoms with van der Waals surface area (Å²) in [5.41, 5.74) is 0. The second-order valence-electron chi connectivity index (χ2n) is 3.34. The van der Waals surface area contributed by atoms with Gasteiger partial charge < -0.3 is 4.74 Å². The fourth-order valence-corrected chi connectivity index (χ4v) is 2.93. The molecule has 0 N–H and O–H groups in total. The van der Waals surface area contributed by atoms with Crippen LogP contribution in [0.25, 0.3) is 0 Å². The monoisotopic (exact) mass is 220 g/mol. The van der Waals surface area contributed by atoms with Crippen LogP contribution in [0.4, 0.5) is 0 Å². The maximum absolute atomic E-state index is 5.28. The van der Waals surface area contributed by atoms with Crippen LogP contribution >= 0.6 is 24.0 Å². The highest BCUT2D eigenvalue weighted by Gasteiger charge is 2.24. The molecule has 0 heterocycles. The van der Waals surface area contributed by atoms with Crippen molar-refractivity contribution in [2.24, 2.45) is 0 Å². The number of thiocarbonyl (C=S) groups is 1. The van der Waals surface area contributed by atoms with E-state index in [1.165, 1.54) is 12.8 Å². The van der Waals surface area contributed by atoms with Gasteiger partial charge in [0, 0.05) is 4.75 Å². The molecule has 0 radical (unpaired) electrons. The van der Waals surface area contributed by atoms with Crippen molar-refractivity contribution in [2.45, 2.75) is 51.7 Å². The Kier molecular flexibility index (Phi) is 6.78. The fraction of sp³-hybridized carbons (Fsp3) is 0.900. The first-order valence-electron chi connectivity index (χ1n) is 4.93. The SMILES string of the molecule is CCCC(C)(CC)SC(=S)OCC. The third-order valence-corrected chi connectivity index (χ3v) is 3.76. The Morgan fingerprint density at radius 3 is 2.38 bits per heavy atom. The average molecular weight is 220 g/mol. The van der Waals surface area contributed by atoms with Gasteiger partial charge in [-0.1, -0.05) is 32.0 Å². The van der Waals surface area contributed by atoms with Gasteiger partial charge in [0.15, 0.2) is 0 Å². The van der Waals surface area contributed by atoms with Crippen LogP contribution in [0.1, 0.15) is 47.0 Å². The molecule has 0 fully saturated rings. The van der Waals surface area contributed by atoms with Crippen LogP contribution in [0.15, 0.2) is 0 Å². The van der Waals surface area contributed by atoms with E-state index in [2.05, 4.69) is 20.8 Å². The van der Waals surface area contributed by atoms with Crippen molar-refractivity contribution in [3.05, 3.63) is 0 Å². The van der Waals surface area contributed by atoms with Gasteiger partial charge in [-0.25, -0.2) is 0 Å². The molecule has 0 rings (SSSR count). The Hall–Kier alpha value is 0.240. The predicted molar refractivity (Wildman–Crippen MR) is 65.4 cm³/mol. The molecule has 0 bridgehead atoms. The largest absolute Gasteiger partial charge is 0.479 e. The van der Waals surface area contributed by atoms with Crippen LogP contribution in [0.2, 0.25) is 0 Å². The number of hydrogen-bond acceptors (Lipinski definition) is 3. The van der Waals surface area contributed by atoms with Crippen LogP contribution in [0, 0.1) is 0 Å². The summed E-state index contributed by atoms with van der Waals surface area (Å²) in [4.78, 5) is 0. The van der Waals surface area contributed by atoms with Crippen molar-refractivity contribution in [1.29, 1.82) is 0 Å². The summed E-state index contributed by atoms with van der Waals surface area (Å²) in [5.74, 6) is 0. The van der Waals surface area contributed by atoms with Crippen LogP contribution in [0.5, 0.6) is 0 Å². The number of hydrogen-bond donors (Lipinski definition) is 0. The lowest BCUT2D eigenvalue weighted by atomic mass is 10.0. The zero-order chi connectivity index (χ0) is 10.3. The maximum Gasteiger partial charge on any atom is 0.220 e. The first kappa shape index (κ1) is 13.2. The van der Waals surface area contributed by atoms with Crippen LogP contribution in [0.3, 0.4) is 0 Å². The maximum atomic E-state index is 5.28. The van der Waals surface area contributed by atoms with Gasteiger partial charge >= 0.3 is 0 Å². The molecule has 0 spiro atoms. The minimum atomic E-state index is 0.265. The zero-order valence-electron chi connectivity index (χ0n) is 9.05. The molecule has 0 aromatic heterocycles. The summed E-state index contributed by atoms with van der Waals surface area (Å²) in [7, 11) is 0. The number of thioether (sulfide) groups is 1. The molecule has 0 aliphatic carbocycles. The quantitative estimate of drug-likeness (QED) is 0.648. The molecule has 0 saturated heterocycles. The molecule has 0 aliphatic heterocycles. The van der Waals surface area contributed by atoms with Gasteiger partial charge in [-0.3, -0.25) is 0 Å². The third kappa shape index (κ3) is 5.53. The van der Waals surface area contributed by atoms with Gasteiger partial charge in [-0.2, -0.15) is 0 Å². The fourth-order valence-electron chi connectivity index (χ4n) is 1.18. The minimum absolute atomic E-state index is 0.265. The molecular formula is C10H20OS2. The molecule has 0 saturated carbocycles. The van der Waals surface area contributed by atoms with Crippen molar-refractivity contribution in [3.63, 3.8) is 0 Å². The van der Waals surface area contributed by atoms with E-state index in [1.54, 1.807) is 11.8 Å². The summed E-state index contributed by atoms with van der Waals surface area (Å²) in [6.07, 6.45) is 3.53. The smallest absolute Gasteiger partial charge is 0.220 e. The van der Waals surface area contributed by atoms with Crippen LogP contribution in [-0.2, 0) is 4.74 Å². The Balaban J connectivity index is 4.02. The highest BCUT2D eigenvalue weighted by Crippen LogP contribution is 2.34. The molecular weight excluding hydrogens is 200 g/mol. The minimum Gasteiger partial charge on any atom is -0.479 e. The number of rotatable bonds is 5. The first-order chi connectivity index (χ1) is 6.08. The lowest BCUT2D eigenvalue weighted by molar-refractivity contribution is 0.345. The molecule has 1 atom stereocenters. The molecule has 1 unspecified atom stereocenters. The average Bonchev–Trinajstić information content (AvgIpc) is 2.05. The van der Waals surface area contributed by atoms with Crippen LogP contribution < -0.4 is 0 Å². The molecule has 78 valence electrons. The Morgan fingerprint density at radius 1 is 1.38 bits per heavy atom. The van der Waals surface area contributed by atoms with E-state index in [9.17, 15) is 0 Å².